The van der Waals surface area contributed by atoms with Crippen LogP contribution in [0.1, 0.15) is 16.1 Å². The first-order chi connectivity index (χ1) is 9.16. The predicted octanol–water partition coefficient (Wildman–Crippen LogP) is 0.101. The average Bonchev–Trinajstić information content (AvgIpc) is 2.46. The Morgan fingerprint density at radius 3 is 2.95 bits per heavy atom. The summed E-state index contributed by atoms with van der Waals surface area (Å²) in [6.45, 7) is 1.20. The smallest absolute Gasteiger partial charge is 0.354 e. The van der Waals surface area contributed by atoms with Crippen molar-refractivity contribution in [2.75, 3.05) is 18.1 Å². The van der Waals surface area contributed by atoms with Gasteiger partial charge in [0.2, 0.25) is 5.91 Å². The first-order valence-corrected chi connectivity index (χ1v) is 7.09. The molecule has 1 fully saturated rings. The van der Waals surface area contributed by atoms with Gasteiger partial charge in [-0.15, -0.1) is 0 Å². The van der Waals surface area contributed by atoms with E-state index in [4.69, 9.17) is 5.11 Å². The van der Waals surface area contributed by atoms with Gasteiger partial charge in [-0.1, -0.05) is 6.07 Å². The quantitative estimate of drug-likeness (QED) is 0.725. The fourth-order valence-corrected chi connectivity index (χ4v) is 2.64. The molecular weight excluding hydrogens is 266 g/mol. The molecule has 1 amide bonds. The number of nitrogens with zero attached hydrogens (tertiary/aromatic N) is 1. The van der Waals surface area contributed by atoms with Crippen LogP contribution in [-0.2, 0) is 11.3 Å². The summed E-state index contributed by atoms with van der Waals surface area (Å²) in [6, 6.07) is 2.93. The zero-order valence-corrected chi connectivity index (χ0v) is 11.1. The summed E-state index contributed by atoms with van der Waals surface area (Å²) in [7, 11) is 0. The summed E-state index contributed by atoms with van der Waals surface area (Å²) in [5, 5.41) is 14.7. The molecule has 1 aliphatic heterocycles. The number of aromatic carboxylic acids is 1. The minimum absolute atomic E-state index is 0.000392. The second-order valence-corrected chi connectivity index (χ2v) is 5.31. The van der Waals surface area contributed by atoms with Crippen molar-refractivity contribution in [1.82, 2.24) is 15.6 Å². The Morgan fingerprint density at radius 1 is 1.53 bits per heavy atom. The number of nitrogens with one attached hydrogen (secondary N) is 2. The molecule has 7 heteroatoms. The SMILES string of the molecule is O=C(O)c1ccc(CNC(=O)C2CSCCN2)cn1. The molecule has 102 valence electrons. The molecule has 2 rings (SSSR count). The standard InChI is InChI=1S/C12H15N3O3S/c16-11(10-7-19-4-3-13-10)15-6-8-1-2-9(12(17)18)14-5-8/h1-2,5,10,13H,3-4,6-7H2,(H,15,16)(H,17,18). The molecule has 1 unspecified atom stereocenters. The number of hydrogen-bond donors (Lipinski definition) is 3. The molecule has 6 nitrogen and oxygen atoms in total. The largest absolute Gasteiger partial charge is 0.477 e. The van der Waals surface area contributed by atoms with Crippen LogP contribution in [0.4, 0.5) is 0 Å². The first-order valence-electron chi connectivity index (χ1n) is 5.94. The van der Waals surface area contributed by atoms with E-state index in [0.717, 1.165) is 23.6 Å². The van der Waals surface area contributed by atoms with E-state index in [1.165, 1.54) is 12.3 Å². The van der Waals surface area contributed by atoms with Gasteiger partial charge in [-0.05, 0) is 11.6 Å². The van der Waals surface area contributed by atoms with Gasteiger partial charge >= 0.3 is 5.97 Å². The molecule has 0 saturated carbocycles. The van der Waals surface area contributed by atoms with E-state index >= 15 is 0 Å². The van der Waals surface area contributed by atoms with Gasteiger partial charge in [0.25, 0.3) is 0 Å². The maximum Gasteiger partial charge on any atom is 0.354 e. The highest BCUT2D eigenvalue weighted by Gasteiger charge is 2.20. The van der Waals surface area contributed by atoms with Crippen molar-refractivity contribution in [2.45, 2.75) is 12.6 Å². The van der Waals surface area contributed by atoms with Crippen molar-refractivity contribution in [3.05, 3.63) is 29.6 Å². The van der Waals surface area contributed by atoms with Crippen LogP contribution in [0.5, 0.6) is 0 Å². The molecular formula is C12H15N3O3S. The fourth-order valence-electron chi connectivity index (χ4n) is 1.70. The Bertz CT molecular complexity index is 458. The summed E-state index contributed by atoms with van der Waals surface area (Å²) >= 11 is 1.76. The average molecular weight is 281 g/mol. The zero-order chi connectivity index (χ0) is 13.7. The Morgan fingerprint density at radius 2 is 2.37 bits per heavy atom. The Hall–Kier alpha value is -1.60. The normalized spacial score (nSPS) is 18.8. The molecule has 0 radical (unpaired) electrons. The van der Waals surface area contributed by atoms with Gasteiger partial charge in [-0.25, -0.2) is 9.78 Å². The maximum atomic E-state index is 11.8. The fraction of sp³-hybridized carbons (Fsp3) is 0.417. The molecule has 0 aromatic carbocycles. The number of carboxylic acids is 1. The van der Waals surface area contributed by atoms with E-state index in [9.17, 15) is 9.59 Å². The molecule has 19 heavy (non-hydrogen) atoms. The molecule has 1 aromatic heterocycles. The van der Waals surface area contributed by atoms with Crippen LogP contribution in [0.25, 0.3) is 0 Å². The van der Waals surface area contributed by atoms with Crippen LogP contribution in [0, 0.1) is 0 Å². The van der Waals surface area contributed by atoms with E-state index in [-0.39, 0.29) is 17.6 Å². The summed E-state index contributed by atoms with van der Waals surface area (Å²) < 4.78 is 0. The minimum Gasteiger partial charge on any atom is -0.477 e. The lowest BCUT2D eigenvalue weighted by molar-refractivity contribution is -0.122. The molecule has 1 saturated heterocycles. The van der Waals surface area contributed by atoms with Crippen LogP contribution in [0.3, 0.4) is 0 Å². The minimum atomic E-state index is -1.06. The van der Waals surface area contributed by atoms with Crippen LogP contribution >= 0.6 is 11.8 Å². The topological polar surface area (TPSA) is 91.3 Å². The highest BCUT2D eigenvalue weighted by molar-refractivity contribution is 7.99. The first kappa shape index (κ1) is 13.8. The lowest BCUT2D eigenvalue weighted by Gasteiger charge is -2.22. The monoisotopic (exact) mass is 281 g/mol. The number of carbonyl (C=O) groups excluding carboxylic acids is 1. The Kier molecular flexibility index (Phi) is 4.75. The second-order valence-electron chi connectivity index (χ2n) is 4.16. The van der Waals surface area contributed by atoms with Gasteiger partial charge in [0.15, 0.2) is 0 Å². The molecule has 3 N–H and O–H groups in total. The Balaban J connectivity index is 1.84. The number of hydrogen-bond acceptors (Lipinski definition) is 5. The zero-order valence-electron chi connectivity index (χ0n) is 10.3. The molecule has 1 aromatic rings. The summed E-state index contributed by atoms with van der Waals surface area (Å²) in [5.74, 6) is 0.723. The van der Waals surface area contributed by atoms with Crippen molar-refractivity contribution in [3.8, 4) is 0 Å². The number of carboxylic acid groups (broad SMARTS) is 1. The third-order valence-electron chi connectivity index (χ3n) is 2.75. The molecule has 1 atom stereocenters. The third kappa shape index (κ3) is 3.93. The number of pyridine rings is 1. The van der Waals surface area contributed by atoms with Crippen molar-refractivity contribution in [3.63, 3.8) is 0 Å². The van der Waals surface area contributed by atoms with Crippen molar-refractivity contribution in [2.24, 2.45) is 0 Å². The number of thioether (sulfide) groups is 1. The van der Waals surface area contributed by atoms with Crippen molar-refractivity contribution >= 4 is 23.6 Å². The van der Waals surface area contributed by atoms with E-state index in [0.29, 0.717) is 6.54 Å². The maximum absolute atomic E-state index is 11.8. The van der Waals surface area contributed by atoms with Gasteiger partial charge < -0.3 is 15.7 Å². The van der Waals surface area contributed by atoms with Crippen LogP contribution in [0.2, 0.25) is 0 Å². The van der Waals surface area contributed by atoms with Crippen molar-refractivity contribution in [1.29, 1.82) is 0 Å². The number of aromatic nitrogens is 1. The number of rotatable bonds is 4. The molecule has 1 aliphatic rings. The summed E-state index contributed by atoms with van der Waals surface area (Å²) in [5.41, 5.74) is 0.780. The van der Waals surface area contributed by atoms with Gasteiger partial charge in [0.1, 0.15) is 5.69 Å². The van der Waals surface area contributed by atoms with E-state index in [1.807, 2.05) is 0 Å². The Labute approximate surface area is 115 Å². The summed E-state index contributed by atoms with van der Waals surface area (Å²) in [4.78, 5) is 26.3. The van der Waals surface area contributed by atoms with Crippen LogP contribution < -0.4 is 10.6 Å². The molecule has 0 aliphatic carbocycles. The lowest BCUT2D eigenvalue weighted by atomic mass is 10.2. The van der Waals surface area contributed by atoms with Crippen LogP contribution in [0.15, 0.2) is 18.3 Å². The highest BCUT2D eigenvalue weighted by atomic mass is 32.2. The molecule has 0 bridgehead atoms. The molecule has 2 heterocycles. The lowest BCUT2D eigenvalue weighted by Crippen LogP contribution is -2.48. The van der Waals surface area contributed by atoms with E-state index < -0.39 is 5.97 Å². The second kappa shape index (κ2) is 6.53. The summed E-state index contributed by atoms with van der Waals surface area (Å²) in [6.07, 6.45) is 1.47. The van der Waals surface area contributed by atoms with E-state index in [1.54, 1.807) is 17.8 Å². The number of amides is 1. The van der Waals surface area contributed by atoms with Gasteiger partial charge in [-0.2, -0.15) is 11.8 Å². The van der Waals surface area contributed by atoms with Crippen molar-refractivity contribution < 1.29 is 14.7 Å². The van der Waals surface area contributed by atoms with Crippen LogP contribution in [-0.4, -0.2) is 46.1 Å². The van der Waals surface area contributed by atoms with E-state index in [2.05, 4.69) is 15.6 Å². The molecule has 0 spiro atoms. The number of carbonyl (C=O) groups is 2. The predicted molar refractivity (Wildman–Crippen MR) is 72.2 cm³/mol. The van der Waals surface area contributed by atoms with Gasteiger partial charge in [0.05, 0.1) is 6.04 Å². The van der Waals surface area contributed by atoms with Gasteiger partial charge in [-0.3, -0.25) is 4.79 Å². The third-order valence-corrected chi connectivity index (χ3v) is 3.81. The van der Waals surface area contributed by atoms with Gasteiger partial charge in [0, 0.05) is 30.8 Å². The highest BCUT2D eigenvalue weighted by Crippen LogP contribution is 2.08.